The summed E-state index contributed by atoms with van der Waals surface area (Å²) in [4.78, 5) is 0. The molecular formula is C10H21N. The van der Waals surface area contributed by atoms with E-state index < -0.39 is 0 Å². The molecule has 0 bridgehead atoms. The minimum absolute atomic E-state index is 0.444. The Labute approximate surface area is 70.6 Å². The van der Waals surface area contributed by atoms with Crippen molar-refractivity contribution >= 4 is 0 Å². The molecule has 2 atom stereocenters. The monoisotopic (exact) mass is 155 g/mol. The average Bonchev–Trinajstić information content (AvgIpc) is 2.32. The highest BCUT2D eigenvalue weighted by atomic mass is 15.0. The van der Waals surface area contributed by atoms with Crippen LogP contribution in [0.4, 0.5) is 0 Å². The highest BCUT2D eigenvalue weighted by Gasteiger charge is 2.40. The van der Waals surface area contributed by atoms with Gasteiger partial charge in [0.25, 0.3) is 0 Å². The molecule has 0 heterocycles. The molecule has 0 amide bonds. The maximum Gasteiger partial charge on any atom is 0.0226 e. The van der Waals surface area contributed by atoms with Gasteiger partial charge in [-0.2, -0.15) is 0 Å². The van der Waals surface area contributed by atoms with E-state index in [0.29, 0.717) is 5.54 Å². The van der Waals surface area contributed by atoms with Gasteiger partial charge in [0, 0.05) is 5.54 Å². The smallest absolute Gasteiger partial charge is 0.0226 e. The first kappa shape index (κ1) is 9.05. The molecule has 1 heteroatoms. The van der Waals surface area contributed by atoms with Crippen LogP contribution in [0.3, 0.4) is 0 Å². The normalized spacial score (nSPS) is 38.5. The second kappa shape index (κ2) is 3.14. The lowest BCUT2D eigenvalue weighted by atomic mass is 9.78. The molecule has 0 saturated heterocycles. The number of hydrogen-bond acceptors (Lipinski definition) is 1. The molecule has 0 aromatic carbocycles. The van der Waals surface area contributed by atoms with Crippen LogP contribution in [-0.4, -0.2) is 12.6 Å². The van der Waals surface area contributed by atoms with Crippen molar-refractivity contribution in [3.05, 3.63) is 0 Å². The number of nitrogens with one attached hydrogen (secondary N) is 1. The largest absolute Gasteiger partial charge is 0.314 e. The van der Waals surface area contributed by atoms with Crippen LogP contribution in [0.5, 0.6) is 0 Å². The number of rotatable bonds is 2. The first-order valence-electron chi connectivity index (χ1n) is 4.82. The van der Waals surface area contributed by atoms with Crippen LogP contribution in [0.25, 0.3) is 0 Å². The van der Waals surface area contributed by atoms with Crippen LogP contribution >= 0.6 is 0 Å². The highest BCUT2D eigenvalue weighted by Crippen LogP contribution is 2.40. The van der Waals surface area contributed by atoms with Gasteiger partial charge in [-0.05, 0) is 31.7 Å². The summed E-state index contributed by atoms with van der Waals surface area (Å²) in [6.45, 7) is 7.04. The topological polar surface area (TPSA) is 12.0 Å². The Bertz CT molecular complexity index is 131. The molecule has 1 N–H and O–H groups in total. The fraction of sp³-hybridized carbons (Fsp3) is 1.00. The molecule has 0 aromatic heterocycles. The summed E-state index contributed by atoms with van der Waals surface area (Å²) >= 11 is 0. The fourth-order valence-corrected chi connectivity index (χ4v) is 2.72. The molecule has 0 radical (unpaired) electrons. The van der Waals surface area contributed by atoms with Crippen molar-refractivity contribution in [1.82, 2.24) is 5.32 Å². The van der Waals surface area contributed by atoms with Crippen molar-refractivity contribution in [1.29, 1.82) is 0 Å². The van der Waals surface area contributed by atoms with Crippen molar-refractivity contribution < 1.29 is 0 Å². The van der Waals surface area contributed by atoms with E-state index in [0.717, 1.165) is 11.8 Å². The molecule has 1 fully saturated rings. The van der Waals surface area contributed by atoms with Gasteiger partial charge >= 0.3 is 0 Å². The molecule has 0 aromatic rings. The zero-order valence-electron chi connectivity index (χ0n) is 8.28. The Morgan fingerprint density at radius 1 is 1.45 bits per heavy atom. The maximum absolute atomic E-state index is 3.53. The second-order valence-electron chi connectivity index (χ2n) is 4.24. The summed E-state index contributed by atoms with van der Waals surface area (Å²) in [6, 6.07) is 0. The minimum Gasteiger partial charge on any atom is -0.314 e. The van der Waals surface area contributed by atoms with Crippen LogP contribution in [0.1, 0.15) is 40.0 Å². The van der Waals surface area contributed by atoms with E-state index in [4.69, 9.17) is 0 Å². The van der Waals surface area contributed by atoms with Gasteiger partial charge in [0.1, 0.15) is 0 Å². The van der Waals surface area contributed by atoms with E-state index >= 15 is 0 Å². The maximum atomic E-state index is 3.53. The highest BCUT2D eigenvalue weighted by molar-refractivity contribution is 4.98. The molecule has 11 heavy (non-hydrogen) atoms. The third-order valence-electron chi connectivity index (χ3n) is 3.60. The summed E-state index contributed by atoms with van der Waals surface area (Å²) in [5.74, 6) is 1.62. The predicted octanol–water partition coefficient (Wildman–Crippen LogP) is 2.42. The van der Waals surface area contributed by atoms with Gasteiger partial charge < -0.3 is 5.32 Å². The van der Waals surface area contributed by atoms with Crippen LogP contribution in [0.2, 0.25) is 0 Å². The summed E-state index contributed by atoms with van der Waals surface area (Å²) in [6.07, 6.45) is 4.17. The van der Waals surface area contributed by atoms with Crippen molar-refractivity contribution in [2.45, 2.75) is 45.6 Å². The van der Waals surface area contributed by atoms with Crippen molar-refractivity contribution in [3.63, 3.8) is 0 Å². The van der Waals surface area contributed by atoms with Gasteiger partial charge in [0.05, 0.1) is 0 Å². The first-order valence-corrected chi connectivity index (χ1v) is 4.82. The summed E-state index contributed by atoms with van der Waals surface area (Å²) in [5.41, 5.74) is 0.444. The number of hydrogen-bond donors (Lipinski definition) is 1. The van der Waals surface area contributed by atoms with Crippen LogP contribution < -0.4 is 5.32 Å². The van der Waals surface area contributed by atoms with Crippen molar-refractivity contribution in [3.8, 4) is 0 Å². The molecular weight excluding hydrogens is 134 g/mol. The Morgan fingerprint density at radius 2 is 2.09 bits per heavy atom. The molecule has 1 aliphatic carbocycles. The molecule has 66 valence electrons. The quantitative estimate of drug-likeness (QED) is 0.645. The van der Waals surface area contributed by atoms with Gasteiger partial charge in [0.2, 0.25) is 0 Å². The van der Waals surface area contributed by atoms with E-state index in [-0.39, 0.29) is 0 Å². The SMILES string of the molecule is CNC1(C(C)C)CCCC1C. The van der Waals surface area contributed by atoms with Crippen LogP contribution in [-0.2, 0) is 0 Å². The van der Waals surface area contributed by atoms with Crippen LogP contribution in [0, 0.1) is 11.8 Å². The van der Waals surface area contributed by atoms with Gasteiger partial charge in [0.15, 0.2) is 0 Å². The van der Waals surface area contributed by atoms with E-state index in [1.807, 2.05) is 0 Å². The third kappa shape index (κ3) is 1.31. The van der Waals surface area contributed by atoms with Gasteiger partial charge in [-0.1, -0.05) is 27.2 Å². The van der Waals surface area contributed by atoms with E-state index in [1.165, 1.54) is 19.3 Å². The lowest BCUT2D eigenvalue weighted by Crippen LogP contribution is -2.49. The van der Waals surface area contributed by atoms with Gasteiger partial charge in [-0.15, -0.1) is 0 Å². The molecule has 2 unspecified atom stereocenters. The lowest BCUT2D eigenvalue weighted by molar-refractivity contribution is 0.198. The standard InChI is InChI=1S/C10H21N/c1-8(2)10(11-4)7-5-6-9(10)3/h8-9,11H,5-7H2,1-4H3. The Balaban J connectivity index is 2.73. The molecule has 1 saturated carbocycles. The van der Waals surface area contributed by atoms with E-state index in [2.05, 4.69) is 33.1 Å². The summed E-state index contributed by atoms with van der Waals surface area (Å²) in [5, 5.41) is 3.53. The Hall–Kier alpha value is -0.0400. The predicted molar refractivity (Wildman–Crippen MR) is 49.6 cm³/mol. The molecule has 1 nitrogen and oxygen atoms in total. The molecule has 0 spiro atoms. The van der Waals surface area contributed by atoms with Crippen molar-refractivity contribution in [2.75, 3.05) is 7.05 Å². The fourth-order valence-electron chi connectivity index (χ4n) is 2.72. The van der Waals surface area contributed by atoms with Gasteiger partial charge in [-0.3, -0.25) is 0 Å². The lowest BCUT2D eigenvalue weighted by Gasteiger charge is -2.37. The Kier molecular flexibility index (Phi) is 2.58. The van der Waals surface area contributed by atoms with E-state index in [9.17, 15) is 0 Å². The average molecular weight is 155 g/mol. The van der Waals surface area contributed by atoms with E-state index in [1.54, 1.807) is 0 Å². The second-order valence-corrected chi connectivity index (χ2v) is 4.24. The zero-order chi connectivity index (χ0) is 8.48. The zero-order valence-corrected chi connectivity index (χ0v) is 8.28. The van der Waals surface area contributed by atoms with Crippen LogP contribution in [0.15, 0.2) is 0 Å². The van der Waals surface area contributed by atoms with Gasteiger partial charge in [-0.25, -0.2) is 0 Å². The summed E-state index contributed by atoms with van der Waals surface area (Å²) < 4.78 is 0. The first-order chi connectivity index (χ1) is 5.13. The van der Waals surface area contributed by atoms with Crippen molar-refractivity contribution in [2.24, 2.45) is 11.8 Å². The third-order valence-corrected chi connectivity index (χ3v) is 3.60. The molecule has 1 aliphatic rings. The minimum atomic E-state index is 0.444. The summed E-state index contributed by atoms with van der Waals surface area (Å²) in [7, 11) is 2.11. The molecule has 1 rings (SSSR count). The Morgan fingerprint density at radius 3 is 2.27 bits per heavy atom. The molecule has 0 aliphatic heterocycles.